The van der Waals surface area contributed by atoms with Gasteiger partial charge in [0.1, 0.15) is 11.8 Å². The topological polar surface area (TPSA) is 45.9 Å². The van der Waals surface area contributed by atoms with Gasteiger partial charge in [0.05, 0.1) is 11.1 Å². The molecule has 0 fully saturated rings. The minimum absolute atomic E-state index is 0.423. The molecule has 0 saturated carbocycles. The Morgan fingerprint density at radius 3 is 2.76 bits per heavy atom. The number of nitrogens with zero attached hydrogens (tertiary/aromatic N) is 2. The largest absolute Gasteiger partial charge is 0.439 e. The van der Waals surface area contributed by atoms with Gasteiger partial charge < -0.3 is 4.74 Å². The number of hydrogen-bond acceptors (Lipinski definition) is 3. The van der Waals surface area contributed by atoms with Gasteiger partial charge in [0.25, 0.3) is 0 Å². The van der Waals surface area contributed by atoms with Gasteiger partial charge in [0.2, 0.25) is 5.88 Å². The van der Waals surface area contributed by atoms with Gasteiger partial charge in [-0.25, -0.2) is 4.98 Å². The van der Waals surface area contributed by atoms with E-state index in [2.05, 4.69) is 27.0 Å². The van der Waals surface area contributed by atoms with Crippen molar-refractivity contribution in [3.05, 3.63) is 64.1 Å². The Morgan fingerprint density at radius 1 is 1.14 bits per heavy atom. The van der Waals surface area contributed by atoms with Crippen LogP contribution in [0.2, 0.25) is 0 Å². The van der Waals surface area contributed by atoms with Crippen molar-refractivity contribution in [2.75, 3.05) is 0 Å². The lowest BCUT2D eigenvalue weighted by Crippen LogP contribution is -1.93. The van der Waals surface area contributed by atoms with Crippen molar-refractivity contribution in [3.63, 3.8) is 0 Å². The summed E-state index contributed by atoms with van der Waals surface area (Å²) < 4.78 is 6.78. The first kappa shape index (κ1) is 13.6. The average Bonchev–Trinajstić information content (AvgIpc) is 2.50. The number of rotatable bonds is 2. The molecule has 3 aromatic rings. The second kappa shape index (κ2) is 5.55. The Hall–Kier alpha value is -2.38. The van der Waals surface area contributed by atoms with Crippen molar-refractivity contribution in [3.8, 4) is 17.7 Å². The second-order valence-electron chi connectivity index (χ2n) is 4.65. The maximum atomic E-state index is 9.28. The van der Waals surface area contributed by atoms with E-state index in [1.807, 2.05) is 49.4 Å². The van der Waals surface area contributed by atoms with Crippen LogP contribution in [0.15, 0.2) is 53.0 Å². The van der Waals surface area contributed by atoms with E-state index in [9.17, 15) is 5.26 Å². The van der Waals surface area contributed by atoms with E-state index >= 15 is 0 Å². The monoisotopic (exact) mass is 338 g/mol. The molecule has 0 bridgehead atoms. The summed E-state index contributed by atoms with van der Waals surface area (Å²) in [4.78, 5) is 4.46. The van der Waals surface area contributed by atoms with E-state index in [0.717, 1.165) is 26.7 Å². The Morgan fingerprint density at radius 2 is 1.95 bits per heavy atom. The summed E-state index contributed by atoms with van der Waals surface area (Å²) in [6.07, 6.45) is 0. The zero-order valence-corrected chi connectivity index (χ0v) is 12.9. The molecule has 0 radical (unpaired) electrons. The van der Waals surface area contributed by atoms with Crippen LogP contribution in [0.4, 0.5) is 0 Å². The highest BCUT2D eigenvalue weighted by Gasteiger charge is 2.08. The highest BCUT2D eigenvalue weighted by Crippen LogP contribution is 2.29. The molecular formula is C17H11BrN2O. The molecule has 0 spiro atoms. The van der Waals surface area contributed by atoms with E-state index in [1.165, 1.54) is 0 Å². The molecule has 1 heterocycles. The highest BCUT2D eigenvalue weighted by molar-refractivity contribution is 9.10. The predicted molar refractivity (Wildman–Crippen MR) is 85.4 cm³/mol. The number of hydrogen-bond donors (Lipinski definition) is 0. The predicted octanol–water partition coefficient (Wildman–Crippen LogP) is 4.97. The fourth-order valence-electron chi connectivity index (χ4n) is 2.09. The summed E-state index contributed by atoms with van der Waals surface area (Å²) in [5.41, 5.74) is 2.31. The summed E-state index contributed by atoms with van der Waals surface area (Å²) in [5.74, 6) is 1.14. The maximum absolute atomic E-state index is 9.28. The molecule has 0 aliphatic heterocycles. The van der Waals surface area contributed by atoms with Crippen molar-refractivity contribution in [1.29, 1.82) is 5.26 Å². The Kier molecular flexibility index (Phi) is 3.59. The van der Waals surface area contributed by atoms with Crippen molar-refractivity contribution in [2.24, 2.45) is 0 Å². The molecule has 2 aromatic carbocycles. The number of aryl methyl sites for hydroxylation is 1. The molecule has 4 heteroatoms. The van der Waals surface area contributed by atoms with E-state index in [0.29, 0.717) is 11.4 Å². The molecule has 1 aromatic heterocycles. The Balaban J connectivity index is 2.09. The van der Waals surface area contributed by atoms with Crippen LogP contribution in [0.3, 0.4) is 0 Å². The van der Waals surface area contributed by atoms with Crippen LogP contribution in [0.25, 0.3) is 10.9 Å². The molecule has 3 rings (SSSR count). The van der Waals surface area contributed by atoms with Crippen LogP contribution >= 0.6 is 15.9 Å². The van der Waals surface area contributed by atoms with Gasteiger partial charge in [0, 0.05) is 15.9 Å². The Labute approximate surface area is 130 Å². The lowest BCUT2D eigenvalue weighted by Gasteiger charge is -2.09. The Bertz CT molecular complexity index is 868. The second-order valence-corrected chi connectivity index (χ2v) is 5.56. The van der Waals surface area contributed by atoms with E-state index < -0.39 is 0 Å². The lowest BCUT2D eigenvalue weighted by atomic mass is 10.1. The zero-order chi connectivity index (χ0) is 14.8. The minimum Gasteiger partial charge on any atom is -0.439 e. The highest BCUT2D eigenvalue weighted by atomic mass is 79.9. The summed E-state index contributed by atoms with van der Waals surface area (Å²) in [6, 6.07) is 17.2. The van der Waals surface area contributed by atoms with Gasteiger partial charge in [-0.2, -0.15) is 5.26 Å². The molecule has 0 amide bonds. The molecule has 102 valence electrons. The molecule has 0 aliphatic carbocycles. The summed E-state index contributed by atoms with van der Waals surface area (Å²) >= 11 is 3.42. The number of para-hydroxylation sites is 1. The van der Waals surface area contributed by atoms with Crippen LogP contribution < -0.4 is 4.74 Å². The lowest BCUT2D eigenvalue weighted by molar-refractivity contribution is 0.461. The molecule has 0 saturated heterocycles. The third-order valence-electron chi connectivity index (χ3n) is 3.18. The SMILES string of the molecule is Cc1ccc(Br)cc1Oc1cc(C#N)c2ccccc2n1. The molecule has 3 nitrogen and oxygen atoms in total. The summed E-state index contributed by atoms with van der Waals surface area (Å²) in [7, 11) is 0. The zero-order valence-electron chi connectivity index (χ0n) is 11.3. The maximum Gasteiger partial charge on any atom is 0.221 e. The van der Waals surface area contributed by atoms with Gasteiger partial charge in [0.15, 0.2) is 0 Å². The number of fused-ring (bicyclic) bond motifs is 1. The summed E-state index contributed by atoms with van der Waals surface area (Å²) in [5, 5.41) is 10.1. The van der Waals surface area contributed by atoms with Gasteiger partial charge in [-0.15, -0.1) is 0 Å². The fourth-order valence-corrected chi connectivity index (χ4v) is 2.43. The number of aromatic nitrogens is 1. The van der Waals surface area contributed by atoms with Crippen molar-refractivity contribution < 1.29 is 4.74 Å². The minimum atomic E-state index is 0.423. The number of halogens is 1. The first-order valence-corrected chi connectivity index (χ1v) is 7.20. The summed E-state index contributed by atoms with van der Waals surface area (Å²) in [6.45, 7) is 1.97. The van der Waals surface area contributed by atoms with Crippen LogP contribution in [0.5, 0.6) is 11.6 Å². The van der Waals surface area contributed by atoms with E-state index in [4.69, 9.17) is 4.74 Å². The third kappa shape index (κ3) is 2.74. The van der Waals surface area contributed by atoms with Gasteiger partial charge in [-0.1, -0.05) is 40.2 Å². The van der Waals surface area contributed by atoms with Crippen LogP contribution in [0, 0.1) is 18.3 Å². The van der Waals surface area contributed by atoms with Crippen LogP contribution in [-0.4, -0.2) is 4.98 Å². The van der Waals surface area contributed by atoms with Gasteiger partial charge in [-0.3, -0.25) is 0 Å². The third-order valence-corrected chi connectivity index (χ3v) is 3.67. The fraction of sp³-hybridized carbons (Fsp3) is 0.0588. The van der Waals surface area contributed by atoms with Crippen LogP contribution in [0.1, 0.15) is 11.1 Å². The molecular weight excluding hydrogens is 328 g/mol. The number of nitriles is 1. The quantitative estimate of drug-likeness (QED) is 0.662. The molecule has 0 unspecified atom stereocenters. The van der Waals surface area contributed by atoms with Gasteiger partial charge in [-0.05, 0) is 30.7 Å². The first-order chi connectivity index (χ1) is 10.2. The van der Waals surface area contributed by atoms with Crippen molar-refractivity contribution >= 4 is 26.8 Å². The van der Waals surface area contributed by atoms with Crippen molar-refractivity contribution in [2.45, 2.75) is 6.92 Å². The van der Waals surface area contributed by atoms with E-state index in [-0.39, 0.29) is 0 Å². The molecule has 0 aliphatic rings. The smallest absolute Gasteiger partial charge is 0.221 e. The number of benzene rings is 2. The molecule has 0 N–H and O–H groups in total. The van der Waals surface area contributed by atoms with Gasteiger partial charge >= 0.3 is 0 Å². The standard InChI is InChI=1S/C17H11BrN2O/c1-11-6-7-13(18)9-16(11)21-17-8-12(10-19)14-4-2-3-5-15(14)20-17/h2-9H,1H3. The van der Waals surface area contributed by atoms with Crippen molar-refractivity contribution in [1.82, 2.24) is 4.98 Å². The number of pyridine rings is 1. The molecule has 0 atom stereocenters. The first-order valence-electron chi connectivity index (χ1n) is 6.41. The van der Waals surface area contributed by atoms with Crippen LogP contribution in [-0.2, 0) is 0 Å². The molecule has 21 heavy (non-hydrogen) atoms. The number of ether oxygens (including phenoxy) is 1. The van der Waals surface area contributed by atoms with E-state index in [1.54, 1.807) is 6.07 Å². The average molecular weight is 339 g/mol. The normalized spacial score (nSPS) is 10.3.